The van der Waals surface area contributed by atoms with Crippen LogP contribution in [0.5, 0.6) is 0 Å². The first-order valence-electron chi connectivity index (χ1n) is 6.95. The van der Waals surface area contributed by atoms with E-state index in [0.717, 1.165) is 5.56 Å². The minimum absolute atomic E-state index is 0.0791. The molecular weight excluding hydrogens is 353 g/mol. The van der Waals surface area contributed by atoms with Crippen molar-refractivity contribution < 1.29 is 13.9 Å². The number of esters is 1. The van der Waals surface area contributed by atoms with Gasteiger partial charge in [0.25, 0.3) is 0 Å². The lowest BCUT2D eigenvalue weighted by atomic mass is 10.1. The van der Waals surface area contributed by atoms with Gasteiger partial charge in [-0.15, -0.1) is 0 Å². The smallest absolute Gasteiger partial charge is 0.340 e. The summed E-state index contributed by atoms with van der Waals surface area (Å²) < 4.78 is 10.4. The molecule has 7 heteroatoms. The maximum atomic E-state index is 12.1. The molecule has 2 heterocycles. The Morgan fingerprint density at radius 3 is 2.79 bits per heavy atom. The molecule has 0 aliphatic heterocycles. The van der Waals surface area contributed by atoms with Crippen molar-refractivity contribution >= 4 is 40.1 Å². The van der Waals surface area contributed by atoms with Crippen LogP contribution in [0, 0.1) is 6.92 Å². The average Bonchev–Trinajstić information content (AvgIpc) is 2.54. The minimum atomic E-state index is -0.616. The van der Waals surface area contributed by atoms with E-state index < -0.39 is 11.6 Å². The molecule has 0 saturated carbocycles. The second-order valence-electron chi connectivity index (χ2n) is 5.16. The topological polar surface area (TPSA) is 69.4 Å². The van der Waals surface area contributed by atoms with Gasteiger partial charge < -0.3 is 9.15 Å². The molecule has 0 aliphatic carbocycles. The van der Waals surface area contributed by atoms with Gasteiger partial charge in [-0.1, -0.05) is 35.3 Å². The maximum Gasteiger partial charge on any atom is 0.340 e. The van der Waals surface area contributed by atoms with E-state index in [1.54, 1.807) is 6.07 Å². The monoisotopic (exact) mass is 363 g/mol. The Morgan fingerprint density at radius 1 is 1.25 bits per heavy atom. The fourth-order valence-corrected chi connectivity index (χ4v) is 2.49. The van der Waals surface area contributed by atoms with Crippen LogP contribution in [0.3, 0.4) is 0 Å². The Bertz CT molecular complexity index is 998. The Morgan fingerprint density at radius 2 is 2.04 bits per heavy atom. The molecule has 0 saturated heterocycles. The number of fused-ring (bicyclic) bond motifs is 1. The molecule has 5 nitrogen and oxygen atoms in total. The molecule has 0 amide bonds. The van der Waals surface area contributed by atoms with E-state index in [1.807, 2.05) is 19.1 Å². The number of carbonyl (C=O) groups excluding carboxylic acids is 1. The molecule has 0 N–H and O–H groups in total. The van der Waals surface area contributed by atoms with E-state index in [2.05, 4.69) is 4.98 Å². The van der Waals surface area contributed by atoms with Crippen molar-refractivity contribution in [2.45, 2.75) is 13.5 Å². The maximum absolute atomic E-state index is 12.1. The van der Waals surface area contributed by atoms with E-state index in [9.17, 15) is 9.59 Å². The first kappa shape index (κ1) is 16.5. The van der Waals surface area contributed by atoms with Crippen LogP contribution in [0.2, 0.25) is 10.2 Å². The van der Waals surface area contributed by atoms with Crippen molar-refractivity contribution in [2.24, 2.45) is 0 Å². The molecule has 0 atom stereocenters. The molecule has 0 bridgehead atoms. The summed E-state index contributed by atoms with van der Waals surface area (Å²) in [5.41, 5.74) is 1.64. The summed E-state index contributed by atoms with van der Waals surface area (Å²) in [5.74, 6) is -0.616. The molecule has 24 heavy (non-hydrogen) atoms. The van der Waals surface area contributed by atoms with Gasteiger partial charge in [0.15, 0.2) is 0 Å². The molecule has 3 aromatic rings. The molecule has 2 aromatic heterocycles. The molecule has 0 spiro atoms. The highest BCUT2D eigenvalue weighted by Gasteiger charge is 2.13. The van der Waals surface area contributed by atoms with Crippen LogP contribution < -0.4 is 5.63 Å². The Kier molecular flexibility index (Phi) is 4.55. The zero-order chi connectivity index (χ0) is 17.3. The van der Waals surface area contributed by atoms with Crippen LogP contribution in [-0.4, -0.2) is 11.0 Å². The van der Waals surface area contributed by atoms with E-state index in [1.165, 1.54) is 18.3 Å². The number of hydrogen-bond acceptors (Lipinski definition) is 5. The van der Waals surface area contributed by atoms with Gasteiger partial charge in [-0.3, -0.25) is 0 Å². The number of rotatable bonds is 3. The molecule has 0 aliphatic rings. The Labute approximate surface area is 146 Å². The van der Waals surface area contributed by atoms with Crippen LogP contribution in [0.25, 0.3) is 11.0 Å². The van der Waals surface area contributed by atoms with Gasteiger partial charge in [-0.2, -0.15) is 0 Å². The number of carbonyl (C=O) groups is 1. The zero-order valence-corrected chi connectivity index (χ0v) is 14.0. The number of aryl methyl sites for hydroxylation is 1. The summed E-state index contributed by atoms with van der Waals surface area (Å²) in [6, 6.07) is 8.14. The second kappa shape index (κ2) is 6.63. The standard InChI is InChI=1S/C17H11Cl2NO4/c1-9-2-3-12-11(6-15(21)24-14(12)4-9)8-23-17(22)10-5-13(18)16(19)20-7-10/h2-7H,8H2,1H3. The van der Waals surface area contributed by atoms with Crippen molar-refractivity contribution in [1.82, 2.24) is 4.98 Å². The highest BCUT2D eigenvalue weighted by atomic mass is 35.5. The first-order chi connectivity index (χ1) is 11.4. The Hall–Kier alpha value is -2.37. The number of ether oxygens (including phenoxy) is 1. The van der Waals surface area contributed by atoms with Gasteiger partial charge in [-0.05, 0) is 24.6 Å². The third-order valence-corrected chi connectivity index (χ3v) is 4.06. The van der Waals surface area contributed by atoms with E-state index >= 15 is 0 Å². The lowest BCUT2D eigenvalue weighted by Crippen LogP contribution is -2.08. The highest BCUT2D eigenvalue weighted by Crippen LogP contribution is 2.22. The summed E-state index contributed by atoms with van der Waals surface area (Å²) in [4.78, 5) is 27.6. The van der Waals surface area contributed by atoms with Gasteiger partial charge >= 0.3 is 11.6 Å². The van der Waals surface area contributed by atoms with Crippen LogP contribution in [0.15, 0.2) is 45.7 Å². The van der Waals surface area contributed by atoms with Crippen LogP contribution in [0.1, 0.15) is 21.5 Å². The van der Waals surface area contributed by atoms with Crippen molar-refractivity contribution in [1.29, 1.82) is 0 Å². The number of benzene rings is 1. The SMILES string of the molecule is Cc1ccc2c(COC(=O)c3cnc(Cl)c(Cl)c3)cc(=O)oc2c1. The third-order valence-electron chi connectivity index (χ3n) is 3.38. The van der Waals surface area contributed by atoms with Gasteiger partial charge in [0.1, 0.15) is 17.3 Å². The lowest BCUT2D eigenvalue weighted by molar-refractivity contribution is 0.0473. The fourth-order valence-electron chi connectivity index (χ4n) is 2.22. The zero-order valence-electron chi connectivity index (χ0n) is 12.5. The van der Waals surface area contributed by atoms with E-state index in [0.29, 0.717) is 16.5 Å². The number of halogens is 2. The molecule has 0 radical (unpaired) electrons. The van der Waals surface area contributed by atoms with Gasteiger partial charge in [0, 0.05) is 23.2 Å². The largest absolute Gasteiger partial charge is 0.457 e. The van der Waals surface area contributed by atoms with Gasteiger partial charge in [0.05, 0.1) is 10.6 Å². The first-order valence-corrected chi connectivity index (χ1v) is 7.71. The fraction of sp³-hybridized carbons (Fsp3) is 0.118. The molecule has 0 fully saturated rings. The second-order valence-corrected chi connectivity index (χ2v) is 5.93. The number of aromatic nitrogens is 1. The van der Waals surface area contributed by atoms with Crippen molar-refractivity contribution in [3.63, 3.8) is 0 Å². The molecule has 1 aromatic carbocycles. The quantitative estimate of drug-likeness (QED) is 0.397. The average molecular weight is 364 g/mol. The minimum Gasteiger partial charge on any atom is -0.457 e. The molecule has 0 unspecified atom stereocenters. The van der Waals surface area contributed by atoms with Gasteiger partial charge in [0.2, 0.25) is 0 Å². The summed E-state index contributed by atoms with van der Waals surface area (Å²) in [6.45, 7) is 1.81. The number of nitrogens with zero attached hydrogens (tertiary/aromatic N) is 1. The van der Waals surface area contributed by atoms with Crippen molar-refractivity contribution in [3.8, 4) is 0 Å². The Balaban J connectivity index is 1.86. The highest BCUT2D eigenvalue weighted by molar-refractivity contribution is 6.41. The number of hydrogen-bond donors (Lipinski definition) is 0. The summed E-state index contributed by atoms with van der Waals surface area (Å²) in [6.07, 6.45) is 1.28. The summed E-state index contributed by atoms with van der Waals surface area (Å²) in [7, 11) is 0. The van der Waals surface area contributed by atoms with Crippen LogP contribution in [0.4, 0.5) is 0 Å². The normalized spacial score (nSPS) is 10.8. The van der Waals surface area contributed by atoms with Gasteiger partial charge in [-0.25, -0.2) is 14.6 Å². The summed E-state index contributed by atoms with van der Waals surface area (Å²) >= 11 is 11.5. The predicted octanol–water partition coefficient (Wildman–Crippen LogP) is 4.16. The van der Waals surface area contributed by atoms with Crippen molar-refractivity contribution in [3.05, 3.63) is 73.8 Å². The van der Waals surface area contributed by atoms with Crippen molar-refractivity contribution in [2.75, 3.05) is 0 Å². The predicted molar refractivity (Wildman–Crippen MR) is 90.6 cm³/mol. The molecule has 122 valence electrons. The number of pyridine rings is 1. The van der Waals surface area contributed by atoms with E-state index in [4.69, 9.17) is 32.4 Å². The van der Waals surface area contributed by atoms with Crippen LogP contribution in [-0.2, 0) is 11.3 Å². The third kappa shape index (κ3) is 3.42. The summed E-state index contributed by atoms with van der Waals surface area (Å²) in [5, 5.41) is 0.975. The molecular formula is C17H11Cl2NO4. The molecule has 3 rings (SSSR count). The van der Waals surface area contributed by atoms with Crippen LogP contribution >= 0.6 is 23.2 Å². The lowest BCUT2D eigenvalue weighted by Gasteiger charge is -2.08. The van der Waals surface area contributed by atoms with E-state index in [-0.39, 0.29) is 22.3 Å².